The molecule has 2 aromatic carbocycles. The van der Waals surface area contributed by atoms with Gasteiger partial charge in [0, 0.05) is 18.6 Å². The first-order chi connectivity index (χ1) is 11.6. The van der Waals surface area contributed by atoms with Crippen molar-refractivity contribution >= 4 is 23.4 Å². The van der Waals surface area contributed by atoms with Crippen LogP contribution in [0.5, 0.6) is 0 Å². The lowest BCUT2D eigenvalue weighted by Gasteiger charge is -2.15. The van der Waals surface area contributed by atoms with Crippen LogP contribution in [0.2, 0.25) is 5.02 Å². The van der Waals surface area contributed by atoms with Gasteiger partial charge in [-0.15, -0.1) is 0 Å². The van der Waals surface area contributed by atoms with Crippen LogP contribution in [0.25, 0.3) is 0 Å². The van der Waals surface area contributed by atoms with Crippen molar-refractivity contribution < 1.29 is 19.1 Å². The standard InChI is InChI=1S/C19H19ClO4/c1-23-18(15-7-9-16(20)10-8-15)12-11-17(21)19(22)24-13-14-5-3-2-4-6-14/h2-10,18H,11-13H2,1H3. The maximum atomic E-state index is 11.9. The molecule has 0 saturated carbocycles. The van der Waals surface area contributed by atoms with E-state index >= 15 is 0 Å². The normalized spacial score (nSPS) is 11.8. The third kappa shape index (κ3) is 5.48. The zero-order valence-corrected chi connectivity index (χ0v) is 14.2. The quantitative estimate of drug-likeness (QED) is 0.533. The summed E-state index contributed by atoms with van der Waals surface area (Å²) in [5, 5.41) is 0.633. The Balaban J connectivity index is 1.82. The van der Waals surface area contributed by atoms with Crippen LogP contribution in [0.15, 0.2) is 54.6 Å². The Labute approximate surface area is 146 Å². The van der Waals surface area contributed by atoms with Gasteiger partial charge in [0.15, 0.2) is 0 Å². The number of methoxy groups -OCH3 is 1. The van der Waals surface area contributed by atoms with Crippen molar-refractivity contribution in [3.63, 3.8) is 0 Å². The first-order valence-corrected chi connectivity index (χ1v) is 8.00. The average molecular weight is 347 g/mol. The van der Waals surface area contributed by atoms with Gasteiger partial charge >= 0.3 is 5.97 Å². The zero-order chi connectivity index (χ0) is 17.4. The van der Waals surface area contributed by atoms with Crippen molar-refractivity contribution in [1.82, 2.24) is 0 Å². The Kier molecular flexibility index (Phi) is 6.97. The van der Waals surface area contributed by atoms with Gasteiger partial charge in [0.05, 0.1) is 6.10 Å². The summed E-state index contributed by atoms with van der Waals surface area (Å²) in [6.45, 7) is 0.0936. The number of hydrogen-bond donors (Lipinski definition) is 0. The van der Waals surface area contributed by atoms with Gasteiger partial charge < -0.3 is 9.47 Å². The number of Topliss-reactive ketones (excluding diaryl/α,β-unsaturated/α-hetero) is 1. The summed E-state index contributed by atoms with van der Waals surface area (Å²) >= 11 is 5.86. The number of carbonyl (C=O) groups excluding carboxylic acids is 2. The van der Waals surface area contributed by atoms with E-state index in [4.69, 9.17) is 21.1 Å². The van der Waals surface area contributed by atoms with Crippen molar-refractivity contribution in [1.29, 1.82) is 0 Å². The first-order valence-electron chi connectivity index (χ1n) is 7.62. The van der Waals surface area contributed by atoms with Crippen LogP contribution in [-0.4, -0.2) is 18.9 Å². The lowest BCUT2D eigenvalue weighted by atomic mass is 10.0. The number of ether oxygens (including phenoxy) is 2. The molecule has 5 heteroatoms. The number of halogens is 1. The summed E-state index contributed by atoms with van der Waals surface area (Å²) in [5.41, 5.74) is 1.75. The molecule has 0 aromatic heterocycles. The van der Waals surface area contributed by atoms with Crippen molar-refractivity contribution in [3.8, 4) is 0 Å². The second-order valence-electron chi connectivity index (χ2n) is 5.30. The van der Waals surface area contributed by atoms with Crippen LogP contribution < -0.4 is 0 Å². The number of ketones is 1. The molecule has 1 unspecified atom stereocenters. The third-order valence-corrected chi connectivity index (χ3v) is 3.85. The van der Waals surface area contributed by atoms with Crippen molar-refractivity contribution in [3.05, 3.63) is 70.7 Å². The van der Waals surface area contributed by atoms with E-state index in [0.29, 0.717) is 11.4 Å². The van der Waals surface area contributed by atoms with E-state index in [2.05, 4.69) is 0 Å². The molecule has 0 aliphatic heterocycles. The Morgan fingerprint density at radius 2 is 1.71 bits per heavy atom. The van der Waals surface area contributed by atoms with Crippen molar-refractivity contribution in [2.24, 2.45) is 0 Å². The fraction of sp³-hybridized carbons (Fsp3) is 0.263. The summed E-state index contributed by atoms with van der Waals surface area (Å²) in [5.74, 6) is -1.37. The third-order valence-electron chi connectivity index (χ3n) is 3.60. The summed E-state index contributed by atoms with van der Waals surface area (Å²) in [4.78, 5) is 23.7. The van der Waals surface area contributed by atoms with Crippen LogP contribution in [0.3, 0.4) is 0 Å². The van der Waals surface area contributed by atoms with E-state index in [9.17, 15) is 9.59 Å². The van der Waals surface area contributed by atoms with E-state index in [-0.39, 0.29) is 19.1 Å². The van der Waals surface area contributed by atoms with Gasteiger partial charge in [-0.2, -0.15) is 0 Å². The highest BCUT2D eigenvalue weighted by molar-refractivity contribution is 6.33. The molecule has 126 valence electrons. The van der Waals surface area contributed by atoms with Crippen molar-refractivity contribution in [2.75, 3.05) is 7.11 Å². The number of esters is 1. The fourth-order valence-corrected chi connectivity index (χ4v) is 2.39. The van der Waals surface area contributed by atoms with Crippen LogP contribution in [0.1, 0.15) is 30.1 Å². The van der Waals surface area contributed by atoms with Gasteiger partial charge in [0.1, 0.15) is 6.61 Å². The summed E-state index contributed by atoms with van der Waals surface area (Å²) in [6, 6.07) is 16.4. The van der Waals surface area contributed by atoms with E-state index in [1.807, 2.05) is 42.5 Å². The van der Waals surface area contributed by atoms with E-state index < -0.39 is 11.8 Å². The lowest BCUT2D eigenvalue weighted by molar-refractivity contribution is -0.155. The molecular formula is C19H19ClO4. The molecule has 0 fully saturated rings. The minimum atomic E-state index is -0.815. The largest absolute Gasteiger partial charge is 0.455 e. The molecule has 0 radical (unpaired) electrons. The van der Waals surface area contributed by atoms with Gasteiger partial charge in [-0.1, -0.05) is 54.1 Å². The monoisotopic (exact) mass is 346 g/mol. The minimum absolute atomic E-state index is 0.0642. The van der Waals surface area contributed by atoms with E-state index in [0.717, 1.165) is 11.1 Å². The van der Waals surface area contributed by atoms with Crippen LogP contribution >= 0.6 is 11.6 Å². The predicted molar refractivity (Wildman–Crippen MR) is 91.7 cm³/mol. The molecule has 0 spiro atoms. The van der Waals surface area contributed by atoms with E-state index in [1.165, 1.54) is 0 Å². The van der Waals surface area contributed by atoms with Gasteiger partial charge in [0.25, 0.3) is 0 Å². The van der Waals surface area contributed by atoms with Crippen LogP contribution in [-0.2, 0) is 25.7 Å². The molecule has 0 aliphatic carbocycles. The lowest BCUT2D eigenvalue weighted by Crippen LogP contribution is -2.18. The SMILES string of the molecule is COC(CCC(=O)C(=O)OCc1ccccc1)c1ccc(Cl)cc1. The summed E-state index contributed by atoms with van der Waals surface area (Å²) in [6.07, 6.45) is 0.194. The predicted octanol–water partition coefficient (Wildman–Crippen LogP) is 4.12. The summed E-state index contributed by atoms with van der Waals surface area (Å²) in [7, 11) is 1.57. The highest BCUT2D eigenvalue weighted by Crippen LogP contribution is 2.23. The molecule has 1 atom stereocenters. The fourth-order valence-electron chi connectivity index (χ4n) is 2.27. The molecular weight excluding hydrogens is 328 g/mol. The Morgan fingerprint density at radius 3 is 2.33 bits per heavy atom. The molecule has 0 heterocycles. The molecule has 4 nitrogen and oxygen atoms in total. The second kappa shape index (κ2) is 9.21. The first kappa shape index (κ1) is 18.2. The highest BCUT2D eigenvalue weighted by atomic mass is 35.5. The van der Waals surface area contributed by atoms with Gasteiger partial charge in [0.2, 0.25) is 5.78 Å². The molecule has 0 aliphatic rings. The molecule has 0 amide bonds. The number of hydrogen-bond acceptors (Lipinski definition) is 4. The maximum Gasteiger partial charge on any atom is 0.374 e. The van der Waals surface area contributed by atoms with Crippen molar-refractivity contribution in [2.45, 2.75) is 25.6 Å². The zero-order valence-electron chi connectivity index (χ0n) is 13.4. The average Bonchev–Trinajstić information content (AvgIpc) is 2.62. The molecule has 24 heavy (non-hydrogen) atoms. The molecule has 0 saturated heterocycles. The molecule has 0 N–H and O–H groups in total. The van der Waals surface area contributed by atoms with E-state index in [1.54, 1.807) is 19.2 Å². The topological polar surface area (TPSA) is 52.6 Å². The van der Waals surface area contributed by atoms with Gasteiger partial charge in [-0.25, -0.2) is 4.79 Å². The highest BCUT2D eigenvalue weighted by Gasteiger charge is 2.19. The number of benzene rings is 2. The molecule has 2 aromatic rings. The molecule has 0 bridgehead atoms. The number of rotatable bonds is 8. The maximum absolute atomic E-state index is 11.9. The Bertz CT molecular complexity index is 668. The Hall–Kier alpha value is -2.17. The van der Waals surface area contributed by atoms with Gasteiger partial charge in [-0.3, -0.25) is 4.79 Å². The smallest absolute Gasteiger partial charge is 0.374 e. The van der Waals surface area contributed by atoms with Gasteiger partial charge in [-0.05, 0) is 29.7 Å². The number of carbonyl (C=O) groups is 2. The Morgan fingerprint density at radius 1 is 1.04 bits per heavy atom. The van der Waals surface area contributed by atoms with Crippen LogP contribution in [0.4, 0.5) is 0 Å². The van der Waals surface area contributed by atoms with Crippen LogP contribution in [0, 0.1) is 0 Å². The molecule has 2 rings (SSSR count). The second-order valence-corrected chi connectivity index (χ2v) is 5.74. The summed E-state index contributed by atoms with van der Waals surface area (Å²) < 4.78 is 10.4. The minimum Gasteiger partial charge on any atom is -0.455 e.